The Hall–Kier alpha value is -1.94. The predicted molar refractivity (Wildman–Crippen MR) is 75.7 cm³/mol. The average molecular weight is 255 g/mol. The van der Waals surface area contributed by atoms with Crippen LogP contribution in [0.3, 0.4) is 0 Å². The quantitative estimate of drug-likeness (QED) is 0.673. The highest BCUT2D eigenvalue weighted by atomic mass is 32.1. The SMILES string of the molecule is Cc1ccc(-n2c(=S)[nH]c3cc(C)cnc32)cc1. The maximum atomic E-state index is 5.38. The smallest absolute Gasteiger partial charge is 0.183 e. The number of nitrogens with one attached hydrogen (secondary N) is 1. The fourth-order valence-electron chi connectivity index (χ4n) is 2.03. The normalized spacial score (nSPS) is 11.0. The Labute approximate surface area is 110 Å². The van der Waals surface area contributed by atoms with E-state index in [1.807, 2.05) is 17.7 Å². The summed E-state index contributed by atoms with van der Waals surface area (Å²) >= 11 is 5.38. The molecule has 3 rings (SSSR count). The van der Waals surface area contributed by atoms with Crippen molar-refractivity contribution in [3.8, 4) is 5.69 Å². The molecular weight excluding hydrogens is 242 g/mol. The zero-order valence-electron chi connectivity index (χ0n) is 10.3. The van der Waals surface area contributed by atoms with E-state index in [1.165, 1.54) is 5.56 Å². The Morgan fingerprint density at radius 2 is 1.83 bits per heavy atom. The fraction of sp³-hybridized carbons (Fsp3) is 0.143. The van der Waals surface area contributed by atoms with Crippen LogP contribution in [-0.2, 0) is 0 Å². The molecule has 0 saturated heterocycles. The van der Waals surface area contributed by atoms with Crippen LogP contribution in [-0.4, -0.2) is 14.5 Å². The van der Waals surface area contributed by atoms with Crippen molar-refractivity contribution in [3.63, 3.8) is 0 Å². The van der Waals surface area contributed by atoms with Gasteiger partial charge in [-0.3, -0.25) is 4.57 Å². The van der Waals surface area contributed by atoms with Crippen molar-refractivity contribution in [2.45, 2.75) is 13.8 Å². The number of fused-ring (bicyclic) bond motifs is 1. The fourth-order valence-corrected chi connectivity index (χ4v) is 2.33. The maximum Gasteiger partial charge on any atom is 0.183 e. The van der Waals surface area contributed by atoms with Crippen LogP contribution in [0.2, 0.25) is 0 Å². The van der Waals surface area contributed by atoms with Gasteiger partial charge in [0.2, 0.25) is 0 Å². The third-order valence-electron chi connectivity index (χ3n) is 2.95. The lowest BCUT2D eigenvalue weighted by atomic mass is 10.2. The van der Waals surface area contributed by atoms with Gasteiger partial charge in [0.25, 0.3) is 0 Å². The third-order valence-corrected chi connectivity index (χ3v) is 3.24. The van der Waals surface area contributed by atoms with E-state index in [4.69, 9.17) is 12.2 Å². The summed E-state index contributed by atoms with van der Waals surface area (Å²) in [4.78, 5) is 7.66. The molecule has 0 unspecified atom stereocenters. The van der Waals surface area contributed by atoms with Crippen molar-refractivity contribution in [2.24, 2.45) is 0 Å². The minimum Gasteiger partial charge on any atom is -0.329 e. The monoisotopic (exact) mass is 255 g/mol. The van der Waals surface area contributed by atoms with E-state index in [0.717, 1.165) is 22.4 Å². The van der Waals surface area contributed by atoms with Gasteiger partial charge in [-0.2, -0.15) is 0 Å². The molecule has 90 valence electrons. The molecule has 0 aliphatic rings. The molecule has 4 heteroatoms. The van der Waals surface area contributed by atoms with Gasteiger partial charge < -0.3 is 4.98 Å². The van der Waals surface area contributed by atoms with Crippen LogP contribution in [0.5, 0.6) is 0 Å². The summed E-state index contributed by atoms with van der Waals surface area (Å²) in [7, 11) is 0. The molecule has 0 fully saturated rings. The van der Waals surface area contributed by atoms with Crippen molar-refractivity contribution in [2.75, 3.05) is 0 Å². The van der Waals surface area contributed by atoms with Gasteiger partial charge in [0.1, 0.15) is 0 Å². The zero-order valence-corrected chi connectivity index (χ0v) is 11.1. The summed E-state index contributed by atoms with van der Waals surface area (Å²) in [6.45, 7) is 4.09. The highest BCUT2D eigenvalue weighted by Crippen LogP contribution is 2.18. The summed E-state index contributed by atoms with van der Waals surface area (Å²) in [6.07, 6.45) is 1.86. The number of aromatic amines is 1. The number of rotatable bonds is 1. The highest BCUT2D eigenvalue weighted by molar-refractivity contribution is 7.71. The van der Waals surface area contributed by atoms with E-state index in [9.17, 15) is 0 Å². The van der Waals surface area contributed by atoms with Crippen molar-refractivity contribution < 1.29 is 0 Å². The van der Waals surface area contributed by atoms with Gasteiger partial charge >= 0.3 is 0 Å². The Morgan fingerprint density at radius 1 is 1.11 bits per heavy atom. The number of hydrogen-bond donors (Lipinski definition) is 1. The van der Waals surface area contributed by atoms with Crippen molar-refractivity contribution in [1.82, 2.24) is 14.5 Å². The lowest BCUT2D eigenvalue weighted by molar-refractivity contribution is 1.04. The molecule has 0 aliphatic carbocycles. The third kappa shape index (κ3) is 1.75. The number of pyridine rings is 1. The van der Waals surface area contributed by atoms with E-state index >= 15 is 0 Å². The second kappa shape index (κ2) is 4.07. The Morgan fingerprint density at radius 3 is 2.56 bits per heavy atom. The van der Waals surface area contributed by atoms with E-state index in [1.54, 1.807) is 0 Å². The second-order valence-corrected chi connectivity index (χ2v) is 4.87. The molecule has 0 saturated carbocycles. The molecule has 1 aromatic carbocycles. The van der Waals surface area contributed by atoms with Gasteiger partial charge in [0.05, 0.1) is 5.52 Å². The van der Waals surface area contributed by atoms with E-state index in [0.29, 0.717) is 4.77 Å². The summed E-state index contributed by atoms with van der Waals surface area (Å²) in [5.41, 5.74) is 5.23. The molecule has 0 radical (unpaired) electrons. The molecular formula is C14H13N3S. The molecule has 18 heavy (non-hydrogen) atoms. The molecule has 0 atom stereocenters. The first-order valence-corrected chi connectivity index (χ1v) is 6.20. The largest absolute Gasteiger partial charge is 0.329 e. The first-order valence-electron chi connectivity index (χ1n) is 5.79. The van der Waals surface area contributed by atoms with Crippen LogP contribution in [0.25, 0.3) is 16.9 Å². The second-order valence-electron chi connectivity index (χ2n) is 4.48. The molecule has 3 aromatic rings. The van der Waals surface area contributed by atoms with Crippen LogP contribution < -0.4 is 0 Å². The van der Waals surface area contributed by atoms with Crippen molar-refractivity contribution in [3.05, 3.63) is 52.4 Å². The predicted octanol–water partition coefficient (Wildman–Crippen LogP) is 3.70. The summed E-state index contributed by atoms with van der Waals surface area (Å²) in [6, 6.07) is 10.3. The molecule has 3 nitrogen and oxygen atoms in total. The van der Waals surface area contributed by atoms with E-state index in [2.05, 4.69) is 47.2 Å². The maximum absolute atomic E-state index is 5.38. The van der Waals surface area contributed by atoms with Crippen molar-refractivity contribution >= 4 is 23.4 Å². The first kappa shape index (κ1) is 11.2. The van der Waals surface area contributed by atoms with Gasteiger partial charge in [0, 0.05) is 11.9 Å². The number of nitrogens with zero attached hydrogens (tertiary/aromatic N) is 2. The van der Waals surface area contributed by atoms with Gasteiger partial charge in [0.15, 0.2) is 10.4 Å². The highest BCUT2D eigenvalue weighted by Gasteiger charge is 2.07. The van der Waals surface area contributed by atoms with E-state index < -0.39 is 0 Å². The first-order chi connectivity index (χ1) is 8.65. The van der Waals surface area contributed by atoms with Gasteiger partial charge in [-0.05, 0) is 49.8 Å². The number of aryl methyl sites for hydroxylation is 2. The minimum absolute atomic E-state index is 0.673. The molecule has 0 bridgehead atoms. The number of H-pyrrole nitrogens is 1. The van der Waals surface area contributed by atoms with E-state index in [-0.39, 0.29) is 0 Å². The van der Waals surface area contributed by atoms with Gasteiger partial charge in [-0.15, -0.1) is 0 Å². The standard InChI is InChI=1S/C14H13N3S/c1-9-3-5-11(6-4-9)17-13-12(16-14(17)18)7-10(2)8-15-13/h3-8H,1-2H3,(H,16,18). The summed E-state index contributed by atoms with van der Waals surface area (Å²) in [5, 5.41) is 0. The van der Waals surface area contributed by atoms with Crippen LogP contribution in [0.15, 0.2) is 36.5 Å². The number of aromatic nitrogens is 3. The summed E-state index contributed by atoms with van der Waals surface area (Å²) < 4.78 is 2.63. The van der Waals surface area contributed by atoms with Crippen LogP contribution in [0.4, 0.5) is 0 Å². The minimum atomic E-state index is 0.673. The number of hydrogen-bond acceptors (Lipinski definition) is 2. The zero-order chi connectivity index (χ0) is 12.7. The number of imidazole rings is 1. The molecule has 0 aliphatic heterocycles. The molecule has 0 spiro atoms. The van der Waals surface area contributed by atoms with Crippen LogP contribution >= 0.6 is 12.2 Å². The number of benzene rings is 1. The Kier molecular flexibility index (Phi) is 2.52. The molecule has 0 amide bonds. The molecule has 1 N–H and O–H groups in total. The van der Waals surface area contributed by atoms with Crippen LogP contribution in [0, 0.1) is 18.6 Å². The molecule has 2 aromatic heterocycles. The average Bonchev–Trinajstić information content (AvgIpc) is 2.65. The van der Waals surface area contributed by atoms with Gasteiger partial charge in [-0.25, -0.2) is 4.98 Å². The topological polar surface area (TPSA) is 33.6 Å². The lowest BCUT2D eigenvalue weighted by Crippen LogP contribution is -1.95. The lowest BCUT2D eigenvalue weighted by Gasteiger charge is -2.04. The van der Waals surface area contributed by atoms with Crippen LogP contribution in [0.1, 0.15) is 11.1 Å². The Balaban J connectivity index is 2.32. The van der Waals surface area contributed by atoms with Gasteiger partial charge in [-0.1, -0.05) is 17.7 Å². The Bertz CT molecular complexity index is 766. The summed E-state index contributed by atoms with van der Waals surface area (Å²) in [5.74, 6) is 0. The van der Waals surface area contributed by atoms with Crippen molar-refractivity contribution in [1.29, 1.82) is 0 Å². The molecule has 2 heterocycles.